The molecule has 5 atom stereocenters. The maximum absolute atomic E-state index is 15.4. The fourth-order valence-corrected chi connectivity index (χ4v) is 3.42. The van der Waals surface area contributed by atoms with Gasteiger partial charge >= 0.3 is 5.92 Å². The molecule has 1 heterocycles. The molecule has 152 valence electrons. The summed E-state index contributed by atoms with van der Waals surface area (Å²) in [5.74, 6) is -7.61. The van der Waals surface area contributed by atoms with Crippen molar-refractivity contribution in [1.82, 2.24) is 0 Å². The summed E-state index contributed by atoms with van der Waals surface area (Å²) in [5.41, 5.74) is 0.384. The van der Waals surface area contributed by atoms with Crippen LogP contribution in [0.25, 0.3) is 0 Å². The van der Waals surface area contributed by atoms with Gasteiger partial charge in [-0.2, -0.15) is 8.78 Å². The van der Waals surface area contributed by atoms with Crippen molar-refractivity contribution in [2.24, 2.45) is 0 Å². The minimum absolute atomic E-state index is 0.143. The van der Waals surface area contributed by atoms with Crippen LogP contribution in [-0.4, -0.2) is 62.3 Å². The maximum atomic E-state index is 15.4. The molecule has 0 aliphatic carbocycles. The van der Waals surface area contributed by atoms with E-state index in [2.05, 4.69) is 0 Å². The molecule has 3 rings (SSSR count). The van der Waals surface area contributed by atoms with Crippen LogP contribution in [-0.2, 0) is 17.1 Å². The number of hydrogen-bond donors (Lipinski definition) is 5. The molecule has 5 N–H and O–H groups in total. The monoisotopic (exact) mass is 396 g/mol. The van der Waals surface area contributed by atoms with Gasteiger partial charge in [0.15, 0.2) is 0 Å². The molecule has 0 aromatic heterocycles. The van der Waals surface area contributed by atoms with Gasteiger partial charge < -0.3 is 30.3 Å². The number of ether oxygens (including phenoxy) is 1. The smallest absolute Gasteiger partial charge is 0.328 e. The van der Waals surface area contributed by atoms with E-state index < -0.39 is 48.3 Å². The lowest BCUT2D eigenvalue weighted by atomic mass is 9.89. The van der Waals surface area contributed by atoms with Gasteiger partial charge in [0.2, 0.25) is 0 Å². The van der Waals surface area contributed by atoms with Crippen molar-refractivity contribution < 1.29 is 39.1 Å². The molecular weight excluding hydrogens is 374 g/mol. The quantitative estimate of drug-likeness (QED) is 0.487. The van der Waals surface area contributed by atoms with Crippen molar-refractivity contribution in [3.05, 3.63) is 71.3 Å². The number of benzene rings is 2. The highest BCUT2D eigenvalue weighted by molar-refractivity contribution is 5.37. The Morgan fingerprint density at radius 3 is 2.29 bits per heavy atom. The Morgan fingerprint density at radius 2 is 1.64 bits per heavy atom. The summed E-state index contributed by atoms with van der Waals surface area (Å²) in [4.78, 5) is 0. The normalized spacial score (nSPS) is 29.0. The van der Waals surface area contributed by atoms with Gasteiger partial charge in [0, 0.05) is 5.56 Å². The number of rotatable bonds is 6. The Balaban J connectivity index is 1.99. The van der Waals surface area contributed by atoms with Crippen molar-refractivity contribution in [2.75, 3.05) is 6.61 Å². The van der Waals surface area contributed by atoms with Crippen molar-refractivity contribution in [3.8, 4) is 0 Å². The van der Waals surface area contributed by atoms with E-state index >= 15 is 8.78 Å². The molecule has 6 nitrogen and oxygen atoms in total. The molecule has 1 aliphatic heterocycles. The number of aliphatic hydroxyl groups excluding tert-OH is 4. The van der Waals surface area contributed by atoms with E-state index in [1.165, 1.54) is 12.1 Å². The van der Waals surface area contributed by atoms with Crippen molar-refractivity contribution in [1.29, 1.82) is 0 Å². The summed E-state index contributed by atoms with van der Waals surface area (Å²) in [7, 11) is 0. The topological polar surface area (TPSA) is 110 Å². The second kappa shape index (κ2) is 7.82. The van der Waals surface area contributed by atoms with Gasteiger partial charge in [0.05, 0.1) is 6.61 Å². The molecule has 2 aromatic carbocycles. The van der Waals surface area contributed by atoms with Crippen molar-refractivity contribution in [2.45, 2.75) is 42.5 Å². The molecule has 1 aliphatic rings. The van der Waals surface area contributed by atoms with E-state index in [-0.39, 0.29) is 12.0 Å². The predicted octanol–water partition coefficient (Wildman–Crippen LogP) is 0.532. The second-order valence-corrected chi connectivity index (χ2v) is 6.86. The summed E-state index contributed by atoms with van der Waals surface area (Å²) in [6.07, 6.45) is -7.81. The van der Waals surface area contributed by atoms with E-state index in [0.29, 0.717) is 0 Å². The van der Waals surface area contributed by atoms with Gasteiger partial charge in [-0.25, -0.2) is 0 Å². The van der Waals surface area contributed by atoms with Crippen LogP contribution in [0.15, 0.2) is 54.6 Å². The molecule has 0 saturated carbocycles. The van der Waals surface area contributed by atoms with E-state index in [0.717, 1.165) is 11.6 Å². The van der Waals surface area contributed by atoms with E-state index in [4.69, 9.17) is 9.84 Å². The molecule has 2 aromatic rings. The standard InChI is InChI=1S/C20H22F2O6/c21-19(22,20(27)18(26)16(25)17(28-20)15(24)11-23)14-9-5-4-8-13(14)10-12-6-2-1-3-7-12/h1-9,15-18,23-27H,10-11H2/t15-,16?,17?,18?,20?/m1/s1. The minimum atomic E-state index is -4.12. The van der Waals surface area contributed by atoms with Gasteiger partial charge in [0.1, 0.15) is 24.4 Å². The molecule has 0 radical (unpaired) electrons. The molecule has 4 unspecified atom stereocenters. The van der Waals surface area contributed by atoms with Crippen LogP contribution in [0.4, 0.5) is 8.78 Å². The lowest BCUT2D eigenvalue weighted by molar-refractivity contribution is -0.344. The van der Waals surface area contributed by atoms with Gasteiger partial charge in [-0.3, -0.25) is 0 Å². The fraction of sp³-hybridized carbons (Fsp3) is 0.400. The van der Waals surface area contributed by atoms with E-state index in [9.17, 15) is 20.4 Å². The highest BCUT2D eigenvalue weighted by Crippen LogP contribution is 2.48. The zero-order chi connectivity index (χ0) is 20.5. The van der Waals surface area contributed by atoms with Crippen LogP contribution >= 0.6 is 0 Å². The first kappa shape index (κ1) is 20.8. The summed E-state index contributed by atoms with van der Waals surface area (Å²) in [6.45, 7) is -0.902. The Hall–Kier alpha value is -1.94. The minimum Gasteiger partial charge on any atom is -0.394 e. The Labute approximate surface area is 160 Å². The molecular formula is C20H22F2O6. The summed E-state index contributed by atoms with van der Waals surface area (Å²) >= 11 is 0. The van der Waals surface area contributed by atoms with Crippen LogP contribution in [0.2, 0.25) is 0 Å². The highest BCUT2D eigenvalue weighted by Gasteiger charge is 2.68. The average Bonchev–Trinajstić information content (AvgIpc) is 2.94. The fourth-order valence-electron chi connectivity index (χ4n) is 3.42. The first-order valence-corrected chi connectivity index (χ1v) is 8.77. The van der Waals surface area contributed by atoms with Crippen LogP contribution in [0.1, 0.15) is 16.7 Å². The molecule has 0 amide bonds. The van der Waals surface area contributed by atoms with Gasteiger partial charge in [-0.15, -0.1) is 0 Å². The summed E-state index contributed by atoms with van der Waals surface area (Å²) in [5, 5.41) is 49.3. The molecule has 8 heteroatoms. The third-order valence-electron chi connectivity index (χ3n) is 4.99. The second-order valence-electron chi connectivity index (χ2n) is 6.86. The van der Waals surface area contributed by atoms with Crippen LogP contribution in [0.5, 0.6) is 0 Å². The number of aliphatic hydroxyl groups is 5. The summed E-state index contributed by atoms with van der Waals surface area (Å²) < 4.78 is 35.6. The Morgan fingerprint density at radius 1 is 1.04 bits per heavy atom. The molecule has 28 heavy (non-hydrogen) atoms. The third kappa shape index (κ3) is 3.43. The predicted molar refractivity (Wildman–Crippen MR) is 94.5 cm³/mol. The molecule has 0 spiro atoms. The SMILES string of the molecule is OC[C@@H](O)C1OC(O)(C(F)(F)c2ccccc2Cc2ccccc2)C(O)C1O. The molecule has 1 saturated heterocycles. The number of halogens is 2. The lowest BCUT2D eigenvalue weighted by Gasteiger charge is -2.35. The largest absolute Gasteiger partial charge is 0.394 e. The lowest BCUT2D eigenvalue weighted by Crippen LogP contribution is -2.55. The maximum Gasteiger partial charge on any atom is 0.328 e. The van der Waals surface area contributed by atoms with Crippen LogP contribution in [0.3, 0.4) is 0 Å². The van der Waals surface area contributed by atoms with Gasteiger partial charge in [-0.05, 0) is 17.5 Å². The van der Waals surface area contributed by atoms with Crippen LogP contribution < -0.4 is 0 Å². The Bertz CT molecular complexity index is 802. The van der Waals surface area contributed by atoms with Crippen molar-refractivity contribution in [3.63, 3.8) is 0 Å². The average molecular weight is 396 g/mol. The number of hydrogen-bond acceptors (Lipinski definition) is 6. The first-order chi connectivity index (χ1) is 13.2. The van der Waals surface area contributed by atoms with E-state index in [1.807, 2.05) is 0 Å². The third-order valence-corrected chi connectivity index (χ3v) is 4.99. The van der Waals surface area contributed by atoms with Gasteiger partial charge in [0.25, 0.3) is 5.79 Å². The molecule has 1 fully saturated rings. The van der Waals surface area contributed by atoms with Crippen molar-refractivity contribution >= 4 is 0 Å². The highest BCUT2D eigenvalue weighted by atomic mass is 19.3. The molecule has 0 bridgehead atoms. The number of alkyl halides is 2. The van der Waals surface area contributed by atoms with Gasteiger partial charge in [-0.1, -0.05) is 54.6 Å². The van der Waals surface area contributed by atoms with Crippen LogP contribution in [0, 0.1) is 0 Å². The Kier molecular flexibility index (Phi) is 5.81. The first-order valence-electron chi connectivity index (χ1n) is 8.77. The summed E-state index contributed by atoms with van der Waals surface area (Å²) in [6, 6.07) is 14.4. The van der Waals surface area contributed by atoms with E-state index in [1.54, 1.807) is 36.4 Å². The zero-order valence-corrected chi connectivity index (χ0v) is 14.8. The zero-order valence-electron chi connectivity index (χ0n) is 14.8.